The molecule has 0 atom stereocenters. The Morgan fingerprint density at radius 2 is 1.79 bits per heavy atom. The van der Waals surface area contributed by atoms with Crippen LogP contribution in [-0.4, -0.2) is 82.0 Å². The van der Waals surface area contributed by atoms with E-state index < -0.39 is 0 Å². The highest BCUT2D eigenvalue weighted by atomic mass is 16.3. The van der Waals surface area contributed by atoms with Gasteiger partial charge < -0.3 is 19.8 Å². The summed E-state index contributed by atoms with van der Waals surface area (Å²) in [4.78, 5) is 2.21. The summed E-state index contributed by atoms with van der Waals surface area (Å²) in [6, 6.07) is 0. The zero-order chi connectivity index (χ0) is 11.0. The number of aliphatic hydroxyl groups excluding tert-OH is 1. The summed E-state index contributed by atoms with van der Waals surface area (Å²) >= 11 is 0. The van der Waals surface area contributed by atoms with E-state index in [1.807, 2.05) is 0 Å². The van der Waals surface area contributed by atoms with Gasteiger partial charge in [-0.2, -0.15) is 0 Å². The maximum atomic E-state index is 8.60. The van der Waals surface area contributed by atoms with Crippen LogP contribution >= 0.6 is 0 Å². The van der Waals surface area contributed by atoms with Gasteiger partial charge in [-0.1, -0.05) is 0 Å². The lowest BCUT2D eigenvalue weighted by molar-refractivity contribution is -0.888. The molecule has 0 spiro atoms. The summed E-state index contributed by atoms with van der Waals surface area (Å²) < 4.78 is 1.02. The maximum Gasteiger partial charge on any atom is 0.0911 e. The Balaban J connectivity index is 3.50. The molecule has 2 N–H and O–H groups in total. The number of hydrogen-bond donors (Lipinski definition) is 2. The first kappa shape index (κ1) is 13.8. The van der Waals surface area contributed by atoms with E-state index in [0.717, 1.165) is 30.7 Å². The second kappa shape index (κ2) is 7.17. The van der Waals surface area contributed by atoms with Crippen LogP contribution in [0.4, 0.5) is 0 Å². The molecule has 0 aliphatic rings. The fraction of sp³-hybridized carbons (Fsp3) is 1.00. The fourth-order valence-corrected chi connectivity index (χ4v) is 1.17. The smallest absolute Gasteiger partial charge is 0.0911 e. The highest BCUT2D eigenvalue weighted by molar-refractivity contribution is 4.46. The van der Waals surface area contributed by atoms with Crippen molar-refractivity contribution in [1.29, 1.82) is 0 Å². The molecule has 0 rings (SSSR count). The Morgan fingerprint density at radius 1 is 1.14 bits per heavy atom. The summed E-state index contributed by atoms with van der Waals surface area (Å²) in [6.07, 6.45) is 0. The van der Waals surface area contributed by atoms with Crippen molar-refractivity contribution >= 4 is 0 Å². The molecule has 0 amide bonds. The van der Waals surface area contributed by atoms with Gasteiger partial charge in [0.25, 0.3) is 0 Å². The zero-order valence-corrected chi connectivity index (χ0v) is 10.1. The van der Waals surface area contributed by atoms with Crippen molar-refractivity contribution in [2.45, 2.75) is 0 Å². The van der Waals surface area contributed by atoms with Crippen molar-refractivity contribution in [2.24, 2.45) is 0 Å². The van der Waals surface area contributed by atoms with Crippen LogP contribution in [-0.2, 0) is 0 Å². The number of hydrogen-bond acceptors (Lipinski definition) is 3. The van der Waals surface area contributed by atoms with Gasteiger partial charge in [0.05, 0.1) is 33.8 Å². The molecular formula is C10H26N3O+. The number of aliphatic hydroxyl groups is 1. The van der Waals surface area contributed by atoms with E-state index in [1.165, 1.54) is 0 Å². The Bertz CT molecular complexity index is 137. The molecule has 0 aromatic heterocycles. The molecule has 0 aromatic carbocycles. The monoisotopic (exact) mass is 204 g/mol. The molecule has 0 bridgehead atoms. The molecule has 86 valence electrons. The van der Waals surface area contributed by atoms with Crippen LogP contribution in [0.25, 0.3) is 0 Å². The minimum absolute atomic E-state index is 0.227. The van der Waals surface area contributed by atoms with Crippen molar-refractivity contribution < 1.29 is 9.59 Å². The minimum Gasteiger partial charge on any atom is -0.395 e. The van der Waals surface area contributed by atoms with Crippen LogP contribution in [0.5, 0.6) is 0 Å². The van der Waals surface area contributed by atoms with Crippen molar-refractivity contribution in [3.63, 3.8) is 0 Å². The van der Waals surface area contributed by atoms with Gasteiger partial charge in [0.15, 0.2) is 0 Å². The third-order valence-electron chi connectivity index (χ3n) is 2.34. The third kappa shape index (κ3) is 8.44. The Hall–Kier alpha value is -0.160. The molecule has 0 saturated heterocycles. The molecule has 0 aliphatic carbocycles. The second-order valence-corrected chi connectivity index (χ2v) is 4.66. The van der Waals surface area contributed by atoms with Gasteiger partial charge in [0.2, 0.25) is 0 Å². The highest BCUT2D eigenvalue weighted by Crippen LogP contribution is 1.95. The van der Waals surface area contributed by atoms with Crippen molar-refractivity contribution in [3.8, 4) is 0 Å². The topological polar surface area (TPSA) is 35.5 Å². The number of nitrogens with zero attached hydrogens (tertiary/aromatic N) is 2. The summed E-state index contributed by atoms with van der Waals surface area (Å²) in [5.41, 5.74) is 0. The Labute approximate surface area is 88.1 Å². The van der Waals surface area contributed by atoms with Gasteiger partial charge in [-0.15, -0.1) is 0 Å². The number of nitrogens with one attached hydrogen (secondary N) is 1. The van der Waals surface area contributed by atoms with Crippen molar-refractivity contribution in [1.82, 2.24) is 10.2 Å². The van der Waals surface area contributed by atoms with Crippen LogP contribution < -0.4 is 5.32 Å². The SMILES string of the molecule is CN(C)CC[N+](C)(C)CCNCCO. The number of quaternary nitrogens is 1. The lowest BCUT2D eigenvalue weighted by Crippen LogP contribution is -2.48. The van der Waals surface area contributed by atoms with Gasteiger partial charge >= 0.3 is 0 Å². The van der Waals surface area contributed by atoms with Crippen LogP contribution in [0.15, 0.2) is 0 Å². The highest BCUT2D eigenvalue weighted by Gasteiger charge is 2.13. The van der Waals surface area contributed by atoms with Gasteiger partial charge in [-0.05, 0) is 14.1 Å². The van der Waals surface area contributed by atoms with Gasteiger partial charge in [-0.25, -0.2) is 0 Å². The first-order valence-electron chi connectivity index (χ1n) is 5.26. The standard InChI is InChI=1S/C10H26N3O/c1-12(2)7-9-13(3,4)8-5-11-6-10-14/h11,14H,5-10H2,1-4H3/q+1. The molecule has 0 radical (unpaired) electrons. The summed E-state index contributed by atoms with van der Waals surface area (Å²) in [5.74, 6) is 0. The quantitative estimate of drug-likeness (QED) is 0.402. The van der Waals surface area contributed by atoms with Crippen LogP contribution in [0, 0.1) is 0 Å². The summed E-state index contributed by atoms with van der Waals surface area (Å²) in [7, 11) is 8.68. The molecule has 4 nitrogen and oxygen atoms in total. The molecule has 4 heteroatoms. The molecule has 0 unspecified atom stereocenters. The maximum absolute atomic E-state index is 8.60. The predicted octanol–water partition coefficient (Wildman–Crippen LogP) is -0.794. The van der Waals surface area contributed by atoms with E-state index >= 15 is 0 Å². The average molecular weight is 204 g/mol. The van der Waals surface area contributed by atoms with Crippen LogP contribution in [0.1, 0.15) is 0 Å². The van der Waals surface area contributed by atoms with Gasteiger partial charge in [0, 0.05) is 19.6 Å². The first-order chi connectivity index (χ1) is 6.48. The lowest BCUT2D eigenvalue weighted by Gasteiger charge is -2.31. The Kier molecular flexibility index (Phi) is 7.09. The van der Waals surface area contributed by atoms with Crippen LogP contribution in [0.3, 0.4) is 0 Å². The van der Waals surface area contributed by atoms with E-state index in [0.29, 0.717) is 6.54 Å². The van der Waals surface area contributed by atoms with E-state index in [4.69, 9.17) is 5.11 Å². The van der Waals surface area contributed by atoms with E-state index in [1.54, 1.807) is 0 Å². The number of likely N-dealkylation sites (N-methyl/N-ethyl adjacent to an activating group) is 2. The van der Waals surface area contributed by atoms with Gasteiger partial charge in [0.1, 0.15) is 0 Å². The largest absolute Gasteiger partial charge is 0.395 e. The molecule has 0 aromatic rings. The van der Waals surface area contributed by atoms with Crippen molar-refractivity contribution in [2.75, 3.05) is 67.5 Å². The Morgan fingerprint density at radius 3 is 2.29 bits per heavy atom. The third-order valence-corrected chi connectivity index (χ3v) is 2.34. The molecule has 0 saturated carbocycles. The summed E-state index contributed by atoms with van der Waals surface area (Å²) in [6.45, 7) is 5.29. The van der Waals surface area contributed by atoms with E-state index in [-0.39, 0.29) is 6.61 Å². The molecule has 0 heterocycles. The first-order valence-corrected chi connectivity index (χ1v) is 5.26. The lowest BCUT2D eigenvalue weighted by atomic mass is 10.4. The summed E-state index contributed by atoms with van der Waals surface area (Å²) in [5, 5.41) is 11.8. The predicted molar refractivity (Wildman–Crippen MR) is 60.4 cm³/mol. The number of rotatable bonds is 8. The normalized spacial score (nSPS) is 12.4. The van der Waals surface area contributed by atoms with Gasteiger partial charge in [-0.3, -0.25) is 0 Å². The molecule has 0 fully saturated rings. The van der Waals surface area contributed by atoms with Crippen LogP contribution in [0.2, 0.25) is 0 Å². The fourth-order valence-electron chi connectivity index (χ4n) is 1.17. The second-order valence-electron chi connectivity index (χ2n) is 4.66. The van der Waals surface area contributed by atoms with E-state index in [9.17, 15) is 0 Å². The van der Waals surface area contributed by atoms with Crippen molar-refractivity contribution in [3.05, 3.63) is 0 Å². The molecular weight excluding hydrogens is 178 g/mol. The molecule has 0 aliphatic heterocycles. The molecule has 14 heavy (non-hydrogen) atoms. The average Bonchev–Trinajstić information content (AvgIpc) is 2.10. The van der Waals surface area contributed by atoms with E-state index in [2.05, 4.69) is 38.4 Å². The minimum atomic E-state index is 0.227. The zero-order valence-electron chi connectivity index (χ0n) is 10.1.